The van der Waals surface area contributed by atoms with Crippen LogP contribution in [0.25, 0.3) is 0 Å². The number of hydrogen-bond donors (Lipinski definition) is 2. The molecule has 1 rings (SSSR count). The first-order chi connectivity index (χ1) is 6.80. The lowest BCUT2D eigenvalue weighted by Crippen LogP contribution is -2.42. The van der Waals surface area contributed by atoms with Crippen LogP contribution in [0, 0.1) is 5.92 Å². The molecule has 0 saturated carbocycles. The molecule has 4 nitrogen and oxygen atoms in total. The minimum Gasteiger partial charge on any atom is -0.391 e. The number of carbonyl (C=O) groups excluding carboxylic acids is 1. The molecule has 4 heteroatoms. The summed E-state index contributed by atoms with van der Waals surface area (Å²) in [4.78, 5) is 13.0. The first kappa shape index (κ1) is 12.5. The lowest BCUT2D eigenvalue weighted by molar-refractivity contribution is -0.131. The summed E-state index contributed by atoms with van der Waals surface area (Å²) in [6.45, 7) is 6.49. The fourth-order valence-electron chi connectivity index (χ4n) is 2.26. The van der Waals surface area contributed by atoms with Crippen LogP contribution in [-0.2, 0) is 4.79 Å². The number of rotatable bonds is 4. The normalized spacial score (nSPS) is 26.1. The standard InChI is InChI=1S/C11H21NO3/c1-8(2)5-11(3,15)7-12-6-9(13)4-10(12)14/h8-9,13,15H,4-7H2,1-3H3. The number of aliphatic hydroxyl groups is 2. The number of β-amino-alcohol motifs (C(OH)–C–C–N with tert-alkyl or cyclic N) is 2. The number of hydrogen-bond acceptors (Lipinski definition) is 3. The van der Waals surface area contributed by atoms with E-state index in [1.54, 1.807) is 11.8 Å². The Morgan fingerprint density at radius 1 is 1.60 bits per heavy atom. The van der Waals surface area contributed by atoms with Gasteiger partial charge in [0.25, 0.3) is 0 Å². The highest BCUT2D eigenvalue weighted by Gasteiger charge is 2.33. The summed E-state index contributed by atoms with van der Waals surface area (Å²) >= 11 is 0. The molecule has 2 unspecified atom stereocenters. The Labute approximate surface area is 90.9 Å². The summed E-state index contributed by atoms with van der Waals surface area (Å²) in [5.74, 6) is 0.328. The van der Waals surface area contributed by atoms with Crippen molar-refractivity contribution in [3.8, 4) is 0 Å². The zero-order valence-corrected chi connectivity index (χ0v) is 9.73. The van der Waals surface area contributed by atoms with Crippen molar-refractivity contribution in [1.29, 1.82) is 0 Å². The van der Waals surface area contributed by atoms with Gasteiger partial charge in [-0.3, -0.25) is 4.79 Å². The molecular formula is C11H21NO3. The maximum absolute atomic E-state index is 11.4. The molecule has 15 heavy (non-hydrogen) atoms. The van der Waals surface area contributed by atoms with Gasteiger partial charge in [0.1, 0.15) is 0 Å². The second-order valence-corrected chi connectivity index (χ2v) is 5.23. The van der Waals surface area contributed by atoms with Gasteiger partial charge in [-0.1, -0.05) is 13.8 Å². The quantitative estimate of drug-likeness (QED) is 0.712. The van der Waals surface area contributed by atoms with Crippen LogP contribution >= 0.6 is 0 Å². The van der Waals surface area contributed by atoms with Crippen LogP contribution in [0.4, 0.5) is 0 Å². The van der Waals surface area contributed by atoms with Crippen LogP contribution in [0.1, 0.15) is 33.6 Å². The molecule has 1 saturated heterocycles. The molecule has 0 aromatic rings. The molecule has 1 aliphatic heterocycles. The summed E-state index contributed by atoms with van der Waals surface area (Å²) in [5, 5.41) is 19.4. The van der Waals surface area contributed by atoms with Gasteiger partial charge in [-0.15, -0.1) is 0 Å². The zero-order valence-electron chi connectivity index (χ0n) is 9.73. The van der Waals surface area contributed by atoms with Crippen LogP contribution < -0.4 is 0 Å². The minimum absolute atomic E-state index is 0.0634. The average molecular weight is 215 g/mol. The van der Waals surface area contributed by atoms with Crippen molar-refractivity contribution in [1.82, 2.24) is 4.90 Å². The van der Waals surface area contributed by atoms with Gasteiger partial charge in [-0.05, 0) is 19.3 Å². The molecule has 0 aromatic heterocycles. The number of nitrogens with zero attached hydrogens (tertiary/aromatic N) is 1. The fraction of sp³-hybridized carbons (Fsp3) is 0.909. The van der Waals surface area contributed by atoms with E-state index < -0.39 is 11.7 Å². The van der Waals surface area contributed by atoms with Gasteiger partial charge in [0.15, 0.2) is 0 Å². The smallest absolute Gasteiger partial charge is 0.225 e. The van der Waals surface area contributed by atoms with Crippen molar-refractivity contribution in [2.24, 2.45) is 5.92 Å². The van der Waals surface area contributed by atoms with Crippen molar-refractivity contribution >= 4 is 5.91 Å². The third-order valence-electron chi connectivity index (χ3n) is 2.57. The van der Waals surface area contributed by atoms with Crippen LogP contribution in [0.2, 0.25) is 0 Å². The molecule has 0 spiro atoms. The van der Waals surface area contributed by atoms with Crippen LogP contribution in [0.3, 0.4) is 0 Å². The molecule has 2 N–H and O–H groups in total. The van der Waals surface area contributed by atoms with Crippen LogP contribution in [-0.4, -0.2) is 45.8 Å². The van der Waals surface area contributed by atoms with E-state index in [4.69, 9.17) is 0 Å². The number of amides is 1. The van der Waals surface area contributed by atoms with E-state index in [0.717, 1.165) is 0 Å². The average Bonchev–Trinajstić information content (AvgIpc) is 2.25. The summed E-state index contributed by atoms with van der Waals surface area (Å²) in [5.41, 5.74) is -0.853. The molecular weight excluding hydrogens is 194 g/mol. The predicted molar refractivity (Wildman–Crippen MR) is 57.3 cm³/mol. The SMILES string of the molecule is CC(C)CC(C)(O)CN1CC(O)CC1=O. The van der Waals surface area contributed by atoms with Gasteiger partial charge in [0.05, 0.1) is 18.1 Å². The van der Waals surface area contributed by atoms with Crippen LogP contribution in [0.5, 0.6) is 0 Å². The summed E-state index contributed by atoms with van der Waals surface area (Å²) in [7, 11) is 0. The van der Waals surface area contributed by atoms with Gasteiger partial charge in [0.2, 0.25) is 5.91 Å². The maximum Gasteiger partial charge on any atom is 0.225 e. The first-order valence-electron chi connectivity index (χ1n) is 5.48. The Bertz CT molecular complexity index is 238. The Morgan fingerprint density at radius 3 is 2.60 bits per heavy atom. The fourth-order valence-corrected chi connectivity index (χ4v) is 2.26. The van der Waals surface area contributed by atoms with E-state index in [2.05, 4.69) is 0 Å². The minimum atomic E-state index is -0.853. The van der Waals surface area contributed by atoms with Gasteiger partial charge in [-0.2, -0.15) is 0 Å². The highest BCUT2D eigenvalue weighted by molar-refractivity contribution is 5.79. The first-order valence-corrected chi connectivity index (χ1v) is 5.48. The Kier molecular flexibility index (Phi) is 3.73. The molecule has 1 aliphatic rings. The van der Waals surface area contributed by atoms with Gasteiger partial charge in [-0.25, -0.2) is 0 Å². The molecule has 1 fully saturated rings. The molecule has 0 aliphatic carbocycles. The molecule has 2 atom stereocenters. The third kappa shape index (κ3) is 3.80. The van der Waals surface area contributed by atoms with Crippen molar-refractivity contribution in [2.45, 2.75) is 45.3 Å². The topological polar surface area (TPSA) is 60.8 Å². The molecule has 1 amide bonds. The highest BCUT2D eigenvalue weighted by atomic mass is 16.3. The molecule has 1 heterocycles. The molecule has 0 bridgehead atoms. The second-order valence-electron chi connectivity index (χ2n) is 5.23. The number of likely N-dealkylation sites (tertiary alicyclic amines) is 1. The van der Waals surface area contributed by atoms with Crippen molar-refractivity contribution < 1.29 is 15.0 Å². The lowest BCUT2D eigenvalue weighted by Gasteiger charge is -2.30. The van der Waals surface area contributed by atoms with E-state index in [0.29, 0.717) is 25.4 Å². The van der Waals surface area contributed by atoms with E-state index >= 15 is 0 Å². The Morgan fingerprint density at radius 2 is 2.20 bits per heavy atom. The predicted octanol–water partition coefficient (Wildman–Crippen LogP) is 0.377. The largest absolute Gasteiger partial charge is 0.391 e. The van der Waals surface area contributed by atoms with Crippen molar-refractivity contribution in [3.05, 3.63) is 0 Å². The Balaban J connectivity index is 2.50. The van der Waals surface area contributed by atoms with Crippen LogP contribution in [0.15, 0.2) is 0 Å². The van der Waals surface area contributed by atoms with E-state index in [1.165, 1.54) is 0 Å². The van der Waals surface area contributed by atoms with E-state index in [1.807, 2.05) is 13.8 Å². The summed E-state index contributed by atoms with van der Waals surface area (Å²) in [6, 6.07) is 0. The molecule has 0 aromatic carbocycles. The van der Waals surface area contributed by atoms with E-state index in [-0.39, 0.29) is 12.3 Å². The highest BCUT2D eigenvalue weighted by Crippen LogP contribution is 2.20. The third-order valence-corrected chi connectivity index (χ3v) is 2.57. The number of carbonyl (C=O) groups is 1. The summed E-state index contributed by atoms with van der Waals surface area (Å²) < 4.78 is 0. The van der Waals surface area contributed by atoms with Crippen molar-refractivity contribution in [2.75, 3.05) is 13.1 Å². The molecule has 88 valence electrons. The number of aliphatic hydroxyl groups excluding tert-OH is 1. The van der Waals surface area contributed by atoms with Gasteiger partial charge in [0, 0.05) is 13.1 Å². The lowest BCUT2D eigenvalue weighted by atomic mass is 9.94. The van der Waals surface area contributed by atoms with Gasteiger partial charge < -0.3 is 15.1 Å². The van der Waals surface area contributed by atoms with Crippen molar-refractivity contribution in [3.63, 3.8) is 0 Å². The van der Waals surface area contributed by atoms with E-state index in [9.17, 15) is 15.0 Å². The Hall–Kier alpha value is -0.610. The zero-order chi connectivity index (χ0) is 11.6. The maximum atomic E-state index is 11.4. The summed E-state index contributed by atoms with van der Waals surface area (Å²) in [6.07, 6.45) is 0.289. The molecule has 0 radical (unpaired) electrons. The van der Waals surface area contributed by atoms with Gasteiger partial charge >= 0.3 is 0 Å². The second kappa shape index (κ2) is 4.49. The monoisotopic (exact) mass is 215 g/mol.